The van der Waals surface area contributed by atoms with Gasteiger partial charge in [0.2, 0.25) is 11.8 Å². The van der Waals surface area contributed by atoms with Crippen LogP contribution >= 0.6 is 11.8 Å². The lowest BCUT2D eigenvalue weighted by atomic mass is 10.3. The van der Waals surface area contributed by atoms with E-state index in [1.54, 1.807) is 36.7 Å². The minimum atomic E-state index is -0.143. The van der Waals surface area contributed by atoms with E-state index in [9.17, 15) is 9.59 Å². The summed E-state index contributed by atoms with van der Waals surface area (Å²) in [6.07, 6.45) is 3.34. The maximum absolute atomic E-state index is 12.0. The Morgan fingerprint density at radius 2 is 1.91 bits per heavy atom. The molecule has 1 heterocycles. The second kappa shape index (κ2) is 8.14. The fourth-order valence-corrected chi connectivity index (χ4v) is 2.51. The van der Waals surface area contributed by atoms with Crippen molar-refractivity contribution in [2.45, 2.75) is 18.6 Å². The Labute approximate surface area is 138 Å². The molecule has 0 bridgehead atoms. The Bertz CT molecular complexity index is 696. The van der Waals surface area contributed by atoms with Gasteiger partial charge in [0.1, 0.15) is 6.33 Å². The minimum absolute atomic E-state index is 0.137. The molecular weight excluding hydrogens is 314 g/mol. The highest BCUT2D eigenvalue weighted by Gasteiger charge is 2.08. The highest BCUT2D eigenvalue weighted by molar-refractivity contribution is 7.99. The summed E-state index contributed by atoms with van der Waals surface area (Å²) < 4.78 is 1.81. The fourth-order valence-electron chi connectivity index (χ4n) is 1.79. The van der Waals surface area contributed by atoms with E-state index >= 15 is 0 Å². The summed E-state index contributed by atoms with van der Waals surface area (Å²) in [5.41, 5.74) is 1.35. The molecule has 2 amide bonds. The molecule has 0 saturated heterocycles. The van der Waals surface area contributed by atoms with Crippen LogP contribution in [0.25, 0.3) is 0 Å². The number of nitrogens with one attached hydrogen (secondary N) is 2. The number of anilines is 2. The molecule has 1 aromatic carbocycles. The monoisotopic (exact) mass is 331 g/mol. The van der Waals surface area contributed by atoms with Crippen LogP contribution in [-0.4, -0.2) is 32.3 Å². The first kappa shape index (κ1) is 16.8. The second-order valence-electron chi connectivity index (χ2n) is 4.65. The number of rotatable bonds is 7. The summed E-state index contributed by atoms with van der Waals surface area (Å²) in [7, 11) is 0. The number of carbonyl (C=O) groups is 2. The SMILES string of the molecule is C=CCn1cnnc1SCC(=O)Nc1ccc(NC(C)=O)cc1. The normalized spacial score (nSPS) is 10.1. The summed E-state index contributed by atoms with van der Waals surface area (Å²) in [6.45, 7) is 5.70. The number of nitrogens with zero attached hydrogens (tertiary/aromatic N) is 3. The summed E-state index contributed by atoms with van der Waals surface area (Å²) in [6, 6.07) is 6.91. The predicted octanol–water partition coefficient (Wildman–Crippen LogP) is 2.15. The van der Waals surface area contributed by atoms with Crippen molar-refractivity contribution in [1.29, 1.82) is 0 Å². The number of benzene rings is 1. The predicted molar refractivity (Wildman–Crippen MR) is 90.3 cm³/mol. The van der Waals surface area contributed by atoms with E-state index in [-0.39, 0.29) is 17.6 Å². The van der Waals surface area contributed by atoms with Crippen molar-refractivity contribution >= 4 is 35.0 Å². The van der Waals surface area contributed by atoms with Crippen LogP contribution in [0.1, 0.15) is 6.92 Å². The van der Waals surface area contributed by atoms with Crippen LogP contribution in [0.2, 0.25) is 0 Å². The average Bonchev–Trinajstić information content (AvgIpc) is 2.94. The smallest absolute Gasteiger partial charge is 0.234 e. The molecule has 7 nitrogen and oxygen atoms in total. The number of amides is 2. The van der Waals surface area contributed by atoms with Gasteiger partial charge in [-0.1, -0.05) is 17.8 Å². The summed E-state index contributed by atoms with van der Waals surface area (Å²) >= 11 is 1.31. The molecule has 1 aromatic heterocycles. The van der Waals surface area contributed by atoms with Crippen LogP contribution in [-0.2, 0) is 16.1 Å². The Hall–Kier alpha value is -2.61. The number of hydrogen-bond acceptors (Lipinski definition) is 5. The van der Waals surface area contributed by atoms with Crippen LogP contribution in [0.3, 0.4) is 0 Å². The average molecular weight is 331 g/mol. The topological polar surface area (TPSA) is 88.9 Å². The number of carbonyl (C=O) groups excluding carboxylic acids is 2. The van der Waals surface area contributed by atoms with E-state index in [0.29, 0.717) is 23.1 Å². The summed E-state index contributed by atoms with van der Waals surface area (Å²) in [5.74, 6) is -0.0548. The van der Waals surface area contributed by atoms with Gasteiger partial charge in [-0.3, -0.25) is 9.59 Å². The second-order valence-corrected chi connectivity index (χ2v) is 5.59. The van der Waals surface area contributed by atoms with Crippen molar-refractivity contribution in [1.82, 2.24) is 14.8 Å². The zero-order valence-corrected chi connectivity index (χ0v) is 13.5. The van der Waals surface area contributed by atoms with Gasteiger partial charge < -0.3 is 15.2 Å². The largest absolute Gasteiger partial charge is 0.326 e. The Kier molecular flexibility index (Phi) is 5.93. The van der Waals surface area contributed by atoms with Crippen molar-refractivity contribution < 1.29 is 9.59 Å². The molecule has 2 aromatic rings. The Morgan fingerprint density at radius 3 is 2.52 bits per heavy atom. The molecule has 120 valence electrons. The van der Waals surface area contributed by atoms with Gasteiger partial charge in [-0.25, -0.2) is 0 Å². The fraction of sp³-hybridized carbons (Fsp3) is 0.200. The molecule has 23 heavy (non-hydrogen) atoms. The lowest BCUT2D eigenvalue weighted by molar-refractivity contribution is -0.114. The molecule has 0 aliphatic carbocycles. The van der Waals surface area contributed by atoms with Crippen molar-refractivity contribution in [3.63, 3.8) is 0 Å². The van der Waals surface area contributed by atoms with E-state index in [1.165, 1.54) is 18.7 Å². The standard InChI is InChI=1S/C15H17N5O2S/c1-3-8-20-10-16-19-15(20)23-9-14(22)18-13-6-4-12(5-7-13)17-11(2)21/h3-7,10H,1,8-9H2,2H3,(H,17,21)(H,18,22). The Balaban J connectivity index is 1.85. The number of allylic oxidation sites excluding steroid dienone is 1. The molecular formula is C15H17N5O2S. The van der Waals surface area contributed by atoms with E-state index in [0.717, 1.165) is 0 Å². The van der Waals surface area contributed by atoms with E-state index in [2.05, 4.69) is 27.4 Å². The van der Waals surface area contributed by atoms with Gasteiger partial charge in [0.05, 0.1) is 5.75 Å². The van der Waals surface area contributed by atoms with Crippen LogP contribution in [0.5, 0.6) is 0 Å². The first-order valence-electron chi connectivity index (χ1n) is 6.87. The van der Waals surface area contributed by atoms with Crippen LogP contribution < -0.4 is 10.6 Å². The minimum Gasteiger partial charge on any atom is -0.326 e. The maximum Gasteiger partial charge on any atom is 0.234 e. The lowest BCUT2D eigenvalue weighted by Crippen LogP contribution is -2.14. The van der Waals surface area contributed by atoms with Crippen molar-refractivity contribution in [3.8, 4) is 0 Å². The zero-order chi connectivity index (χ0) is 16.7. The van der Waals surface area contributed by atoms with E-state index < -0.39 is 0 Å². The van der Waals surface area contributed by atoms with Gasteiger partial charge in [-0.2, -0.15) is 0 Å². The third-order valence-corrected chi connectivity index (χ3v) is 3.71. The molecule has 2 rings (SSSR count). The molecule has 0 aliphatic heterocycles. The van der Waals surface area contributed by atoms with Crippen LogP contribution in [0, 0.1) is 0 Å². The number of hydrogen-bond donors (Lipinski definition) is 2. The molecule has 0 spiro atoms. The van der Waals surface area contributed by atoms with E-state index in [4.69, 9.17) is 0 Å². The van der Waals surface area contributed by atoms with Gasteiger partial charge in [0.25, 0.3) is 0 Å². The highest BCUT2D eigenvalue weighted by atomic mass is 32.2. The van der Waals surface area contributed by atoms with Gasteiger partial charge in [-0.15, -0.1) is 16.8 Å². The molecule has 0 saturated carbocycles. The third kappa shape index (κ3) is 5.26. The van der Waals surface area contributed by atoms with Gasteiger partial charge in [0.15, 0.2) is 5.16 Å². The molecule has 8 heteroatoms. The zero-order valence-electron chi connectivity index (χ0n) is 12.7. The molecule has 0 fully saturated rings. The summed E-state index contributed by atoms with van der Waals surface area (Å²) in [5, 5.41) is 13.9. The van der Waals surface area contributed by atoms with Crippen molar-refractivity contribution in [2.24, 2.45) is 0 Å². The van der Waals surface area contributed by atoms with Gasteiger partial charge in [-0.05, 0) is 24.3 Å². The van der Waals surface area contributed by atoms with Crippen molar-refractivity contribution in [3.05, 3.63) is 43.2 Å². The van der Waals surface area contributed by atoms with Crippen LogP contribution in [0.4, 0.5) is 11.4 Å². The van der Waals surface area contributed by atoms with Crippen LogP contribution in [0.15, 0.2) is 48.4 Å². The Morgan fingerprint density at radius 1 is 1.26 bits per heavy atom. The van der Waals surface area contributed by atoms with Gasteiger partial charge in [0, 0.05) is 24.8 Å². The summed E-state index contributed by atoms with van der Waals surface area (Å²) in [4.78, 5) is 22.9. The highest BCUT2D eigenvalue weighted by Crippen LogP contribution is 2.17. The molecule has 0 atom stereocenters. The number of aromatic nitrogens is 3. The quantitative estimate of drug-likeness (QED) is 0.599. The molecule has 0 radical (unpaired) electrons. The third-order valence-electron chi connectivity index (χ3n) is 2.73. The van der Waals surface area contributed by atoms with Crippen molar-refractivity contribution in [2.75, 3.05) is 16.4 Å². The number of thioether (sulfide) groups is 1. The van der Waals surface area contributed by atoms with Gasteiger partial charge >= 0.3 is 0 Å². The first-order valence-corrected chi connectivity index (χ1v) is 7.86. The molecule has 0 unspecified atom stereocenters. The molecule has 0 aliphatic rings. The molecule has 2 N–H and O–H groups in total. The lowest BCUT2D eigenvalue weighted by Gasteiger charge is -2.07. The maximum atomic E-state index is 12.0. The first-order chi connectivity index (χ1) is 11.1. The van der Waals surface area contributed by atoms with E-state index in [1.807, 2.05) is 4.57 Å².